The predicted octanol–water partition coefficient (Wildman–Crippen LogP) is 0.362. The summed E-state index contributed by atoms with van der Waals surface area (Å²) in [5.41, 5.74) is 5.45. The molecule has 0 spiro atoms. The maximum Gasteiger partial charge on any atom is 0.234 e. The van der Waals surface area contributed by atoms with Crippen molar-refractivity contribution in [2.45, 2.75) is 31.4 Å². The number of hydrogen-bond donors (Lipinski definition) is 2. The SMILES string of the molecule is NC(=O)C(NCC1CCCO1)C1CCSC1. The van der Waals surface area contributed by atoms with Gasteiger partial charge in [-0.15, -0.1) is 0 Å². The smallest absolute Gasteiger partial charge is 0.234 e. The largest absolute Gasteiger partial charge is 0.377 e. The molecule has 5 heteroatoms. The van der Waals surface area contributed by atoms with Gasteiger partial charge in [-0.05, 0) is 36.7 Å². The number of nitrogens with one attached hydrogen (secondary N) is 1. The third-order valence-corrected chi connectivity index (χ3v) is 4.52. The normalized spacial score (nSPS) is 31.8. The second-order valence-electron chi connectivity index (χ2n) is 4.55. The highest BCUT2D eigenvalue weighted by molar-refractivity contribution is 7.99. The molecule has 3 N–H and O–H groups in total. The van der Waals surface area contributed by atoms with Gasteiger partial charge in [0.25, 0.3) is 0 Å². The minimum atomic E-state index is -0.217. The molecule has 0 aromatic rings. The van der Waals surface area contributed by atoms with Crippen molar-refractivity contribution in [2.75, 3.05) is 24.7 Å². The number of amides is 1. The van der Waals surface area contributed by atoms with E-state index in [1.807, 2.05) is 11.8 Å². The summed E-state index contributed by atoms with van der Waals surface area (Å²) in [4.78, 5) is 11.4. The van der Waals surface area contributed by atoms with Crippen molar-refractivity contribution in [3.8, 4) is 0 Å². The molecule has 0 saturated carbocycles. The number of carbonyl (C=O) groups excluding carboxylic acids is 1. The van der Waals surface area contributed by atoms with Crippen molar-refractivity contribution in [3.05, 3.63) is 0 Å². The van der Waals surface area contributed by atoms with E-state index >= 15 is 0 Å². The van der Waals surface area contributed by atoms with Crippen LogP contribution in [0.2, 0.25) is 0 Å². The fraction of sp³-hybridized carbons (Fsp3) is 0.909. The van der Waals surface area contributed by atoms with Crippen LogP contribution in [0.15, 0.2) is 0 Å². The highest BCUT2D eigenvalue weighted by Gasteiger charge is 2.30. The molecule has 0 aromatic carbocycles. The molecule has 4 nitrogen and oxygen atoms in total. The van der Waals surface area contributed by atoms with Gasteiger partial charge in [-0.25, -0.2) is 0 Å². The van der Waals surface area contributed by atoms with Crippen LogP contribution in [0.3, 0.4) is 0 Å². The third kappa shape index (κ3) is 3.12. The lowest BCUT2D eigenvalue weighted by Gasteiger charge is -2.22. The third-order valence-electron chi connectivity index (χ3n) is 3.33. The number of primary amides is 1. The fourth-order valence-electron chi connectivity index (χ4n) is 2.38. The summed E-state index contributed by atoms with van der Waals surface area (Å²) in [7, 11) is 0. The lowest BCUT2D eigenvalue weighted by molar-refractivity contribution is -0.121. The molecular formula is C11H20N2O2S. The standard InChI is InChI=1S/C11H20N2O2S/c12-11(14)10(8-3-5-16-7-8)13-6-9-2-1-4-15-9/h8-10,13H,1-7H2,(H2,12,14). The summed E-state index contributed by atoms with van der Waals surface area (Å²) < 4.78 is 5.53. The number of rotatable bonds is 5. The van der Waals surface area contributed by atoms with E-state index in [9.17, 15) is 4.79 Å². The molecule has 3 atom stereocenters. The van der Waals surface area contributed by atoms with Gasteiger partial charge in [0.1, 0.15) is 0 Å². The molecule has 0 radical (unpaired) electrons. The van der Waals surface area contributed by atoms with Crippen LogP contribution in [0.5, 0.6) is 0 Å². The lowest BCUT2D eigenvalue weighted by atomic mass is 9.98. The number of thioether (sulfide) groups is 1. The minimum absolute atomic E-state index is 0.167. The Morgan fingerprint density at radius 2 is 2.44 bits per heavy atom. The number of carbonyl (C=O) groups is 1. The van der Waals surface area contributed by atoms with Crippen LogP contribution < -0.4 is 11.1 Å². The molecular weight excluding hydrogens is 224 g/mol. The first-order valence-electron chi connectivity index (χ1n) is 5.99. The second-order valence-corrected chi connectivity index (χ2v) is 5.70. The molecule has 1 amide bonds. The first-order chi connectivity index (χ1) is 7.77. The van der Waals surface area contributed by atoms with Crippen LogP contribution in [-0.4, -0.2) is 42.7 Å². The van der Waals surface area contributed by atoms with Crippen molar-refractivity contribution in [3.63, 3.8) is 0 Å². The summed E-state index contributed by atoms with van der Waals surface area (Å²) in [5.74, 6) is 2.39. The molecule has 0 aromatic heterocycles. The predicted molar refractivity (Wildman–Crippen MR) is 65.4 cm³/mol. The van der Waals surface area contributed by atoms with Gasteiger partial charge in [0.15, 0.2) is 0 Å². The average molecular weight is 244 g/mol. The monoisotopic (exact) mass is 244 g/mol. The summed E-state index contributed by atoms with van der Waals surface area (Å²) in [6.07, 6.45) is 3.59. The van der Waals surface area contributed by atoms with E-state index in [-0.39, 0.29) is 18.1 Å². The molecule has 3 unspecified atom stereocenters. The summed E-state index contributed by atoms with van der Waals surface area (Å²) in [6, 6.07) is -0.167. The van der Waals surface area contributed by atoms with Crippen LogP contribution in [-0.2, 0) is 9.53 Å². The van der Waals surface area contributed by atoms with E-state index in [1.54, 1.807) is 0 Å². The van der Waals surface area contributed by atoms with Gasteiger partial charge in [0.05, 0.1) is 12.1 Å². The van der Waals surface area contributed by atoms with Crippen LogP contribution in [0.4, 0.5) is 0 Å². The van der Waals surface area contributed by atoms with Gasteiger partial charge in [-0.1, -0.05) is 0 Å². The summed E-state index contributed by atoms with van der Waals surface area (Å²) in [5, 5.41) is 3.29. The van der Waals surface area contributed by atoms with Gasteiger partial charge in [-0.3, -0.25) is 4.79 Å². The first-order valence-corrected chi connectivity index (χ1v) is 7.15. The Kier molecular flexibility index (Phi) is 4.49. The lowest BCUT2D eigenvalue weighted by Crippen LogP contribution is -2.49. The van der Waals surface area contributed by atoms with Crippen molar-refractivity contribution in [1.82, 2.24) is 5.32 Å². The van der Waals surface area contributed by atoms with Gasteiger partial charge in [0, 0.05) is 13.2 Å². The highest BCUT2D eigenvalue weighted by Crippen LogP contribution is 2.26. The molecule has 2 aliphatic rings. The van der Waals surface area contributed by atoms with Gasteiger partial charge in [-0.2, -0.15) is 11.8 Å². The molecule has 2 saturated heterocycles. The zero-order chi connectivity index (χ0) is 11.4. The van der Waals surface area contributed by atoms with Crippen LogP contribution in [0, 0.1) is 5.92 Å². The van der Waals surface area contributed by atoms with E-state index in [1.165, 1.54) is 0 Å². The zero-order valence-electron chi connectivity index (χ0n) is 9.48. The van der Waals surface area contributed by atoms with E-state index < -0.39 is 0 Å². The van der Waals surface area contributed by atoms with Crippen LogP contribution in [0.25, 0.3) is 0 Å². The summed E-state index contributed by atoms with van der Waals surface area (Å²) >= 11 is 1.91. The minimum Gasteiger partial charge on any atom is -0.377 e. The zero-order valence-corrected chi connectivity index (χ0v) is 10.3. The number of hydrogen-bond acceptors (Lipinski definition) is 4. The van der Waals surface area contributed by atoms with E-state index in [0.29, 0.717) is 5.92 Å². The Balaban J connectivity index is 1.79. The maximum atomic E-state index is 11.4. The first kappa shape index (κ1) is 12.2. The topological polar surface area (TPSA) is 64.4 Å². The van der Waals surface area contributed by atoms with Crippen molar-refractivity contribution in [2.24, 2.45) is 11.7 Å². The molecule has 0 aliphatic carbocycles. The maximum absolute atomic E-state index is 11.4. The Bertz CT molecular complexity index is 238. The average Bonchev–Trinajstić information content (AvgIpc) is 2.88. The molecule has 2 rings (SSSR count). The Morgan fingerprint density at radius 3 is 3.00 bits per heavy atom. The van der Waals surface area contributed by atoms with Crippen molar-refractivity contribution in [1.29, 1.82) is 0 Å². The summed E-state index contributed by atoms with van der Waals surface area (Å²) in [6.45, 7) is 1.61. The number of nitrogens with two attached hydrogens (primary N) is 1. The molecule has 0 bridgehead atoms. The van der Waals surface area contributed by atoms with Crippen LogP contribution >= 0.6 is 11.8 Å². The fourth-order valence-corrected chi connectivity index (χ4v) is 3.68. The van der Waals surface area contributed by atoms with E-state index in [0.717, 1.165) is 43.9 Å². The molecule has 92 valence electrons. The van der Waals surface area contributed by atoms with Crippen molar-refractivity contribution >= 4 is 17.7 Å². The van der Waals surface area contributed by atoms with Gasteiger partial charge < -0.3 is 15.8 Å². The quantitative estimate of drug-likeness (QED) is 0.733. The van der Waals surface area contributed by atoms with E-state index in [2.05, 4.69) is 5.32 Å². The second kappa shape index (κ2) is 5.89. The molecule has 16 heavy (non-hydrogen) atoms. The molecule has 2 heterocycles. The Hall–Kier alpha value is -0.260. The molecule has 2 fully saturated rings. The highest BCUT2D eigenvalue weighted by atomic mass is 32.2. The molecule has 2 aliphatic heterocycles. The van der Waals surface area contributed by atoms with Gasteiger partial charge in [0.2, 0.25) is 5.91 Å². The van der Waals surface area contributed by atoms with Crippen molar-refractivity contribution < 1.29 is 9.53 Å². The number of ether oxygens (including phenoxy) is 1. The van der Waals surface area contributed by atoms with Crippen LogP contribution in [0.1, 0.15) is 19.3 Å². The Labute approximate surface area is 101 Å². The van der Waals surface area contributed by atoms with Gasteiger partial charge >= 0.3 is 0 Å². The Morgan fingerprint density at radius 1 is 1.56 bits per heavy atom. The van der Waals surface area contributed by atoms with E-state index in [4.69, 9.17) is 10.5 Å².